The van der Waals surface area contributed by atoms with E-state index >= 15 is 0 Å². The number of hydrogen-bond donors (Lipinski definition) is 3. The fraction of sp³-hybridized carbons (Fsp3) is 0.571. The van der Waals surface area contributed by atoms with Gasteiger partial charge in [0, 0.05) is 44.1 Å². The lowest BCUT2D eigenvalue weighted by Crippen LogP contribution is -2.70. The van der Waals surface area contributed by atoms with Crippen molar-refractivity contribution in [1.82, 2.24) is 4.90 Å². The summed E-state index contributed by atoms with van der Waals surface area (Å²) in [6, 6.07) is 23.8. The Morgan fingerprint density at radius 3 is 2.19 bits per heavy atom. The number of unbranched alkanes of at least 4 members (excludes halogenated alkanes) is 10. The number of fused-ring (bicyclic) bond motifs is 2. The maximum atomic E-state index is 14.9. The SMILES string of the molecule is C=CCOC12Oc3ccc(Oc4ccc(-c5ccccc5)cc4)cc3C3C(CCCCO)C(CCCCO)C=C(C(=NOC)CC1N(CCOCCO)C(=O)CCCCCCCCCCC)C32. The largest absolute Gasteiger partial charge is 0.459 e. The molecular weight excluding hydrogens is 845 g/mol. The molecule has 6 unspecified atom stereocenters. The van der Waals surface area contributed by atoms with Crippen LogP contribution in [-0.2, 0) is 19.1 Å². The number of oxime groups is 1. The smallest absolute Gasteiger partial charge is 0.239 e. The van der Waals surface area contributed by atoms with E-state index in [9.17, 15) is 20.1 Å². The third-order valence-corrected chi connectivity index (χ3v) is 13.9. The molecule has 2 aliphatic carbocycles. The van der Waals surface area contributed by atoms with Crippen molar-refractivity contribution < 1.29 is 43.9 Å². The van der Waals surface area contributed by atoms with Gasteiger partial charge >= 0.3 is 0 Å². The molecular formula is C56H78N2O9. The maximum Gasteiger partial charge on any atom is 0.239 e. The van der Waals surface area contributed by atoms with E-state index in [1.807, 2.05) is 47.4 Å². The van der Waals surface area contributed by atoms with Crippen LogP contribution in [0.1, 0.15) is 128 Å². The minimum atomic E-state index is -1.36. The molecule has 1 aliphatic heterocycles. The normalized spacial score (nSPS) is 22.3. The molecule has 3 N–H and O–H groups in total. The number of rotatable bonds is 31. The van der Waals surface area contributed by atoms with Crippen molar-refractivity contribution in [2.75, 3.05) is 53.3 Å². The molecule has 1 amide bonds. The Labute approximate surface area is 400 Å². The number of allylic oxidation sites excluding steroid dienone is 1. The molecule has 1 fully saturated rings. The van der Waals surface area contributed by atoms with Crippen LogP contribution in [0.2, 0.25) is 0 Å². The molecule has 366 valence electrons. The second kappa shape index (κ2) is 27.5. The second-order valence-corrected chi connectivity index (χ2v) is 18.4. The molecule has 0 radical (unpaired) electrons. The number of aliphatic hydroxyl groups excluding tert-OH is 3. The number of amides is 1. The van der Waals surface area contributed by atoms with E-state index in [0.29, 0.717) is 42.9 Å². The number of ether oxygens (including phenoxy) is 4. The van der Waals surface area contributed by atoms with E-state index in [-0.39, 0.29) is 69.8 Å². The highest BCUT2D eigenvalue weighted by Gasteiger charge is 2.65. The predicted octanol–water partition coefficient (Wildman–Crippen LogP) is 11.2. The second-order valence-electron chi connectivity index (χ2n) is 18.4. The molecule has 3 aromatic carbocycles. The zero-order valence-corrected chi connectivity index (χ0v) is 40.3. The van der Waals surface area contributed by atoms with E-state index in [4.69, 9.17) is 28.9 Å². The van der Waals surface area contributed by atoms with Crippen LogP contribution < -0.4 is 9.47 Å². The Bertz CT molecular complexity index is 2000. The molecule has 11 nitrogen and oxygen atoms in total. The van der Waals surface area contributed by atoms with Crippen LogP contribution in [0.3, 0.4) is 0 Å². The molecule has 0 bridgehead atoms. The van der Waals surface area contributed by atoms with Crippen molar-refractivity contribution >= 4 is 11.6 Å². The summed E-state index contributed by atoms with van der Waals surface area (Å²) < 4.78 is 27.1. The van der Waals surface area contributed by atoms with Crippen LogP contribution in [0.15, 0.2) is 102 Å². The first-order valence-corrected chi connectivity index (χ1v) is 25.4. The van der Waals surface area contributed by atoms with Gasteiger partial charge in [-0.25, -0.2) is 0 Å². The highest BCUT2D eigenvalue weighted by molar-refractivity contribution is 6.03. The molecule has 3 aromatic rings. The van der Waals surface area contributed by atoms with Crippen molar-refractivity contribution in [3.8, 4) is 28.4 Å². The van der Waals surface area contributed by atoms with Crippen molar-refractivity contribution in [1.29, 1.82) is 0 Å². The zero-order valence-electron chi connectivity index (χ0n) is 40.3. The Hall–Kier alpha value is -4.52. The quantitative estimate of drug-likeness (QED) is 0.0327. The van der Waals surface area contributed by atoms with Gasteiger partial charge in [0.15, 0.2) is 0 Å². The first-order chi connectivity index (χ1) is 32.9. The summed E-state index contributed by atoms with van der Waals surface area (Å²) in [4.78, 5) is 22.4. The van der Waals surface area contributed by atoms with E-state index in [1.165, 1.54) is 38.5 Å². The predicted molar refractivity (Wildman–Crippen MR) is 265 cm³/mol. The lowest BCUT2D eigenvalue weighted by atomic mass is 9.55. The first kappa shape index (κ1) is 51.9. The van der Waals surface area contributed by atoms with E-state index < -0.39 is 17.7 Å². The number of aliphatic hydroxyl groups is 3. The van der Waals surface area contributed by atoms with Crippen molar-refractivity contribution in [2.24, 2.45) is 22.9 Å². The summed E-state index contributed by atoms with van der Waals surface area (Å²) >= 11 is 0. The van der Waals surface area contributed by atoms with Gasteiger partial charge in [0.25, 0.3) is 0 Å². The Kier molecular flexibility index (Phi) is 21.3. The minimum absolute atomic E-state index is 0.00326. The summed E-state index contributed by atoms with van der Waals surface area (Å²) in [5, 5.41) is 34.3. The van der Waals surface area contributed by atoms with Crippen LogP contribution in [0, 0.1) is 17.8 Å². The van der Waals surface area contributed by atoms with Gasteiger partial charge < -0.3 is 44.0 Å². The summed E-state index contributed by atoms with van der Waals surface area (Å²) in [5.74, 6) is 0.260. The number of carbonyl (C=O) groups is 1. The van der Waals surface area contributed by atoms with Crippen LogP contribution in [-0.4, -0.2) is 97.0 Å². The van der Waals surface area contributed by atoms with Crippen LogP contribution >= 0.6 is 0 Å². The zero-order chi connectivity index (χ0) is 47.3. The summed E-state index contributed by atoms with van der Waals surface area (Å²) in [6.07, 6.45) is 19.8. The Morgan fingerprint density at radius 1 is 0.821 bits per heavy atom. The molecule has 0 spiro atoms. The Balaban J connectivity index is 1.43. The topological polar surface area (TPSA) is 140 Å². The monoisotopic (exact) mass is 923 g/mol. The number of nitrogens with zero attached hydrogens (tertiary/aromatic N) is 2. The number of hydrogen-bond acceptors (Lipinski definition) is 10. The molecule has 6 atom stereocenters. The third kappa shape index (κ3) is 13.6. The maximum absolute atomic E-state index is 14.9. The van der Waals surface area contributed by atoms with Crippen molar-refractivity contribution in [3.63, 3.8) is 0 Å². The van der Waals surface area contributed by atoms with Gasteiger partial charge in [-0.1, -0.05) is 131 Å². The first-order valence-electron chi connectivity index (χ1n) is 25.4. The van der Waals surface area contributed by atoms with Gasteiger partial charge in [0.05, 0.1) is 38.1 Å². The molecule has 6 rings (SSSR count). The summed E-state index contributed by atoms with van der Waals surface area (Å²) in [7, 11) is 1.56. The van der Waals surface area contributed by atoms with Crippen LogP contribution in [0.4, 0.5) is 0 Å². The third-order valence-electron chi connectivity index (χ3n) is 13.9. The van der Waals surface area contributed by atoms with Gasteiger partial charge in [-0.05, 0) is 91.0 Å². The highest BCUT2D eigenvalue weighted by Crippen LogP contribution is 2.62. The van der Waals surface area contributed by atoms with Gasteiger partial charge in [-0.2, -0.15) is 0 Å². The fourth-order valence-electron chi connectivity index (χ4n) is 10.8. The van der Waals surface area contributed by atoms with Crippen LogP contribution in [0.25, 0.3) is 11.1 Å². The molecule has 3 aliphatic rings. The average Bonchev–Trinajstić information content (AvgIpc) is 3.35. The van der Waals surface area contributed by atoms with Gasteiger partial charge in [-0.3, -0.25) is 4.79 Å². The van der Waals surface area contributed by atoms with Crippen molar-refractivity contribution in [2.45, 2.75) is 134 Å². The molecule has 0 aromatic heterocycles. The molecule has 1 saturated carbocycles. The lowest BCUT2D eigenvalue weighted by molar-refractivity contribution is -0.258. The molecule has 11 heteroatoms. The van der Waals surface area contributed by atoms with E-state index in [2.05, 4.69) is 49.9 Å². The standard InChI is InChI=1S/C56H78N2O9/c1-4-6-7-8-9-10-11-12-16-25-53(62)58(32-37-64-38-35-61)52-41-50(57-63-3)48-39-44(23-17-19-33-59)47(24-18-20-34-60)54-49-40-46(30-31-51(49)67-56(52,55(48)54)65-36-5-2)66-45-28-26-43(27-29-45)42-21-14-13-15-22-42/h5,13-15,21-22,26-31,39-40,44,47,52,54-55,59-61H,2,4,6-12,16-20,23-25,32-38,41H2,1,3H3. The fourth-order valence-corrected chi connectivity index (χ4v) is 10.8. The van der Waals surface area contributed by atoms with E-state index in [0.717, 1.165) is 72.9 Å². The van der Waals surface area contributed by atoms with Crippen LogP contribution in [0.5, 0.6) is 17.2 Å². The molecule has 0 saturated heterocycles. The molecule has 67 heavy (non-hydrogen) atoms. The highest BCUT2D eigenvalue weighted by atomic mass is 16.7. The van der Waals surface area contributed by atoms with E-state index in [1.54, 1.807) is 13.2 Å². The number of carbonyl (C=O) groups excluding carboxylic acids is 1. The average molecular weight is 923 g/mol. The number of benzene rings is 3. The lowest BCUT2D eigenvalue weighted by Gasteiger charge is -2.60. The van der Waals surface area contributed by atoms with Gasteiger partial charge in [-0.15, -0.1) is 6.58 Å². The molecule has 1 heterocycles. The summed E-state index contributed by atoms with van der Waals surface area (Å²) in [5.41, 5.74) is 4.95. The van der Waals surface area contributed by atoms with Gasteiger partial charge in [0.1, 0.15) is 30.4 Å². The minimum Gasteiger partial charge on any atom is -0.459 e. The van der Waals surface area contributed by atoms with Gasteiger partial charge in [0.2, 0.25) is 11.7 Å². The van der Waals surface area contributed by atoms with Crippen molar-refractivity contribution in [3.05, 3.63) is 103 Å². The summed E-state index contributed by atoms with van der Waals surface area (Å²) in [6.45, 7) is 7.25. The Morgan fingerprint density at radius 2 is 1.51 bits per heavy atom.